The van der Waals surface area contributed by atoms with Crippen molar-refractivity contribution >= 4 is 35.0 Å². The van der Waals surface area contributed by atoms with Crippen LogP contribution in [-0.2, 0) is 9.53 Å². The third-order valence-corrected chi connectivity index (χ3v) is 4.91. The van der Waals surface area contributed by atoms with Gasteiger partial charge < -0.3 is 9.64 Å². The van der Waals surface area contributed by atoms with E-state index in [4.69, 9.17) is 4.74 Å². The number of ether oxygens (including phenoxy) is 1. The molecular formula is C21H20N2O3. The smallest absolute Gasteiger partial charge is 0.421 e. The summed E-state index contributed by atoms with van der Waals surface area (Å²) < 4.78 is 4.80. The lowest BCUT2D eigenvalue weighted by molar-refractivity contribution is -0.112. The van der Waals surface area contributed by atoms with Gasteiger partial charge in [-0.15, -0.1) is 0 Å². The Labute approximate surface area is 152 Å². The number of methoxy groups -OCH3 is 1. The van der Waals surface area contributed by atoms with E-state index < -0.39 is 6.09 Å². The van der Waals surface area contributed by atoms with Crippen molar-refractivity contribution in [2.75, 3.05) is 30.0 Å². The molecule has 0 radical (unpaired) electrons. The molecule has 0 aliphatic carbocycles. The summed E-state index contributed by atoms with van der Waals surface area (Å²) in [5, 5.41) is 0. The maximum absolute atomic E-state index is 12.9. The van der Waals surface area contributed by atoms with Crippen molar-refractivity contribution < 1.29 is 14.3 Å². The normalized spacial score (nSPS) is 17.7. The Bertz CT molecular complexity index is 898. The number of carbonyl (C=O) groups excluding carboxylic acids is 2. The first-order chi connectivity index (χ1) is 12.7. The minimum absolute atomic E-state index is 0.353. The quantitative estimate of drug-likeness (QED) is 0.772. The number of amides is 2. The first-order valence-corrected chi connectivity index (χ1v) is 8.78. The van der Waals surface area contributed by atoms with Gasteiger partial charge in [0.25, 0.3) is 5.91 Å². The van der Waals surface area contributed by atoms with Crippen LogP contribution in [0.5, 0.6) is 0 Å². The lowest BCUT2D eigenvalue weighted by Crippen LogP contribution is -2.33. The molecule has 2 aliphatic rings. The van der Waals surface area contributed by atoms with Gasteiger partial charge in [0, 0.05) is 24.3 Å². The van der Waals surface area contributed by atoms with Crippen LogP contribution in [-0.4, -0.2) is 32.2 Å². The number of carbonyl (C=O) groups is 2. The number of fused-ring (bicyclic) bond motifs is 1. The van der Waals surface area contributed by atoms with E-state index in [1.54, 1.807) is 6.07 Å². The van der Waals surface area contributed by atoms with Gasteiger partial charge in [-0.1, -0.05) is 36.4 Å². The molecule has 1 fully saturated rings. The molecule has 5 heteroatoms. The molecule has 132 valence electrons. The predicted octanol–water partition coefficient (Wildman–Crippen LogP) is 3.94. The molecule has 1 saturated heterocycles. The summed E-state index contributed by atoms with van der Waals surface area (Å²) in [5.74, 6) is -0.353. The van der Waals surface area contributed by atoms with Crippen molar-refractivity contribution in [1.29, 1.82) is 0 Å². The Kier molecular flexibility index (Phi) is 4.21. The lowest BCUT2D eigenvalue weighted by atomic mass is 10.0. The van der Waals surface area contributed by atoms with E-state index in [0.717, 1.165) is 34.8 Å². The van der Waals surface area contributed by atoms with Gasteiger partial charge in [-0.3, -0.25) is 4.79 Å². The van der Waals surface area contributed by atoms with Crippen LogP contribution >= 0.6 is 0 Å². The number of imide groups is 1. The minimum Gasteiger partial charge on any atom is -0.452 e. The van der Waals surface area contributed by atoms with Gasteiger partial charge in [-0.05, 0) is 36.6 Å². The van der Waals surface area contributed by atoms with E-state index in [2.05, 4.69) is 11.0 Å². The van der Waals surface area contributed by atoms with Crippen LogP contribution in [0.2, 0.25) is 0 Å². The Morgan fingerprint density at radius 1 is 1.00 bits per heavy atom. The highest BCUT2D eigenvalue weighted by Crippen LogP contribution is 2.39. The molecule has 26 heavy (non-hydrogen) atoms. The number of hydrogen-bond donors (Lipinski definition) is 0. The van der Waals surface area contributed by atoms with Crippen LogP contribution in [0.15, 0.2) is 48.5 Å². The second-order valence-corrected chi connectivity index (χ2v) is 6.44. The molecule has 0 atom stereocenters. The van der Waals surface area contributed by atoms with E-state index >= 15 is 0 Å². The predicted molar refractivity (Wildman–Crippen MR) is 102 cm³/mol. The molecular weight excluding hydrogens is 328 g/mol. The van der Waals surface area contributed by atoms with Crippen molar-refractivity contribution in [1.82, 2.24) is 0 Å². The molecule has 0 aromatic heterocycles. The van der Waals surface area contributed by atoms with E-state index in [1.165, 1.54) is 20.0 Å². The van der Waals surface area contributed by atoms with E-state index in [-0.39, 0.29) is 5.91 Å². The SMILES string of the molecule is COC(=O)N1C(=O)C(=Cc2ccccc2N2CCCC2)c2ccccc21. The molecule has 0 unspecified atom stereocenters. The average Bonchev–Trinajstić information content (AvgIpc) is 3.29. The number of anilines is 2. The Hall–Kier alpha value is -3.08. The van der Waals surface area contributed by atoms with Crippen LogP contribution in [0.4, 0.5) is 16.2 Å². The van der Waals surface area contributed by atoms with Crippen molar-refractivity contribution in [2.45, 2.75) is 12.8 Å². The van der Waals surface area contributed by atoms with Crippen molar-refractivity contribution in [3.63, 3.8) is 0 Å². The summed E-state index contributed by atoms with van der Waals surface area (Å²) in [6.45, 7) is 2.05. The second-order valence-electron chi connectivity index (χ2n) is 6.44. The number of hydrogen-bond acceptors (Lipinski definition) is 4. The standard InChI is InChI=1S/C21H20N2O3/c1-26-21(25)23-19-11-5-3-9-16(19)17(20(23)24)14-15-8-2-4-10-18(15)22-12-6-7-13-22/h2-5,8-11,14H,6-7,12-13H2,1H3. The first-order valence-electron chi connectivity index (χ1n) is 8.78. The van der Waals surface area contributed by atoms with Crippen molar-refractivity contribution in [3.8, 4) is 0 Å². The second kappa shape index (κ2) is 6.67. The average molecular weight is 348 g/mol. The monoisotopic (exact) mass is 348 g/mol. The summed E-state index contributed by atoms with van der Waals surface area (Å²) in [5.41, 5.74) is 3.93. The van der Waals surface area contributed by atoms with Gasteiger partial charge >= 0.3 is 6.09 Å². The third-order valence-electron chi connectivity index (χ3n) is 4.91. The van der Waals surface area contributed by atoms with Crippen LogP contribution in [0.1, 0.15) is 24.0 Å². The highest BCUT2D eigenvalue weighted by atomic mass is 16.5. The fourth-order valence-corrected chi connectivity index (χ4v) is 3.66. The van der Waals surface area contributed by atoms with Crippen LogP contribution in [0, 0.1) is 0 Å². The van der Waals surface area contributed by atoms with Crippen LogP contribution < -0.4 is 9.80 Å². The Balaban J connectivity index is 1.81. The number of para-hydroxylation sites is 2. The van der Waals surface area contributed by atoms with Crippen molar-refractivity contribution in [3.05, 3.63) is 59.7 Å². The maximum atomic E-state index is 12.9. The molecule has 0 N–H and O–H groups in total. The fourth-order valence-electron chi connectivity index (χ4n) is 3.66. The number of rotatable bonds is 2. The molecule has 0 saturated carbocycles. The van der Waals surface area contributed by atoms with Gasteiger partial charge in [-0.25, -0.2) is 9.69 Å². The van der Waals surface area contributed by atoms with Crippen LogP contribution in [0.25, 0.3) is 11.6 Å². The minimum atomic E-state index is -0.668. The molecule has 2 aromatic carbocycles. The Morgan fingerprint density at radius 2 is 1.65 bits per heavy atom. The molecule has 2 amide bonds. The van der Waals surface area contributed by atoms with Gasteiger partial charge in [0.05, 0.1) is 18.4 Å². The molecule has 2 aromatic rings. The van der Waals surface area contributed by atoms with Crippen molar-refractivity contribution in [2.24, 2.45) is 0 Å². The molecule has 2 heterocycles. The van der Waals surface area contributed by atoms with E-state index in [1.807, 2.05) is 42.5 Å². The number of nitrogens with zero attached hydrogens (tertiary/aromatic N) is 2. The summed E-state index contributed by atoms with van der Waals surface area (Å²) >= 11 is 0. The largest absolute Gasteiger partial charge is 0.452 e. The Morgan fingerprint density at radius 3 is 2.38 bits per heavy atom. The highest BCUT2D eigenvalue weighted by molar-refractivity contribution is 6.41. The zero-order valence-electron chi connectivity index (χ0n) is 14.6. The van der Waals surface area contributed by atoms with Gasteiger partial charge in [0.15, 0.2) is 0 Å². The van der Waals surface area contributed by atoms with Gasteiger partial charge in [0.2, 0.25) is 0 Å². The summed E-state index contributed by atoms with van der Waals surface area (Å²) in [4.78, 5) is 28.5. The summed E-state index contributed by atoms with van der Waals surface area (Å²) in [6.07, 6.45) is 3.59. The molecule has 5 nitrogen and oxygen atoms in total. The van der Waals surface area contributed by atoms with E-state index in [0.29, 0.717) is 11.3 Å². The van der Waals surface area contributed by atoms with E-state index in [9.17, 15) is 9.59 Å². The lowest BCUT2D eigenvalue weighted by Gasteiger charge is -2.20. The molecule has 0 bridgehead atoms. The first kappa shape index (κ1) is 16.4. The maximum Gasteiger partial charge on any atom is 0.421 e. The molecule has 0 spiro atoms. The molecule has 4 rings (SSSR count). The zero-order valence-corrected chi connectivity index (χ0v) is 14.6. The number of benzene rings is 2. The van der Waals surface area contributed by atoms with Gasteiger partial charge in [0.1, 0.15) is 0 Å². The molecule has 2 aliphatic heterocycles. The van der Waals surface area contributed by atoms with Crippen LogP contribution in [0.3, 0.4) is 0 Å². The highest BCUT2D eigenvalue weighted by Gasteiger charge is 2.37. The summed E-state index contributed by atoms with van der Waals surface area (Å²) in [6, 6.07) is 15.4. The summed E-state index contributed by atoms with van der Waals surface area (Å²) in [7, 11) is 1.28. The zero-order chi connectivity index (χ0) is 18.1. The fraction of sp³-hybridized carbons (Fsp3) is 0.238. The topological polar surface area (TPSA) is 49.9 Å². The van der Waals surface area contributed by atoms with Gasteiger partial charge in [-0.2, -0.15) is 0 Å². The third kappa shape index (κ3) is 2.65.